The molecule has 210 valence electrons. The number of aromatic nitrogens is 2. The maximum Gasteiger partial charge on any atom is 0.270 e. The van der Waals surface area contributed by atoms with Gasteiger partial charge in [0.25, 0.3) is 17.4 Å². The average molecular weight is 565 g/mol. The third-order valence-electron chi connectivity index (χ3n) is 6.58. The summed E-state index contributed by atoms with van der Waals surface area (Å²) in [6.45, 7) is 2.13. The standard InChI is InChI=1S/C28H32N6O5S/c1-2-19-26(38)33-21(15-17-9-4-3-5-10-17)28-34-22(16-40-28)25(37)30-13-7-6-12-20(27(39)31-19)32-24(36)18-11-8-14-29-23(18)35/h3-5,8-11,14,16,19-21H,2,6-7,12-13,15H2,1H3,(H,29,35)(H,30,37)(H,31,39)(H,32,36)(H,33,38)/t19-,20+,21+/m1/s1. The van der Waals surface area contributed by atoms with E-state index in [2.05, 4.69) is 31.2 Å². The van der Waals surface area contributed by atoms with Gasteiger partial charge in [-0.2, -0.15) is 0 Å². The van der Waals surface area contributed by atoms with E-state index < -0.39 is 41.4 Å². The van der Waals surface area contributed by atoms with Crippen molar-refractivity contribution in [1.29, 1.82) is 0 Å². The first kappa shape index (κ1) is 28.7. The number of aromatic amines is 1. The van der Waals surface area contributed by atoms with Crippen molar-refractivity contribution in [2.45, 2.75) is 57.2 Å². The van der Waals surface area contributed by atoms with Gasteiger partial charge in [-0.1, -0.05) is 37.3 Å². The number of rotatable bonds is 5. The van der Waals surface area contributed by atoms with Crippen LogP contribution in [0.3, 0.4) is 0 Å². The third-order valence-corrected chi connectivity index (χ3v) is 7.54. The topological polar surface area (TPSA) is 162 Å². The molecule has 2 bridgehead atoms. The summed E-state index contributed by atoms with van der Waals surface area (Å²) in [5, 5.41) is 13.5. The quantitative estimate of drug-likeness (QED) is 0.318. The molecule has 0 saturated heterocycles. The van der Waals surface area contributed by atoms with E-state index in [1.54, 1.807) is 12.3 Å². The lowest BCUT2D eigenvalue weighted by Gasteiger charge is -2.25. The lowest BCUT2D eigenvalue weighted by atomic mass is 10.0. The highest BCUT2D eigenvalue weighted by molar-refractivity contribution is 7.09. The highest BCUT2D eigenvalue weighted by Crippen LogP contribution is 2.23. The van der Waals surface area contributed by atoms with Crippen molar-refractivity contribution in [2.24, 2.45) is 0 Å². The number of benzene rings is 1. The monoisotopic (exact) mass is 564 g/mol. The second-order valence-electron chi connectivity index (χ2n) is 9.48. The summed E-state index contributed by atoms with van der Waals surface area (Å²) in [5.41, 5.74) is 0.554. The highest BCUT2D eigenvalue weighted by Gasteiger charge is 2.29. The number of nitrogens with zero attached hydrogens (tertiary/aromatic N) is 1. The fourth-order valence-corrected chi connectivity index (χ4v) is 5.22. The molecule has 12 heteroatoms. The van der Waals surface area contributed by atoms with Crippen molar-refractivity contribution in [1.82, 2.24) is 31.2 Å². The number of thiazole rings is 1. The molecule has 3 heterocycles. The first-order valence-corrected chi connectivity index (χ1v) is 14.1. The zero-order valence-corrected chi connectivity index (χ0v) is 22.9. The number of hydrogen-bond acceptors (Lipinski definition) is 7. The van der Waals surface area contributed by atoms with Crippen molar-refractivity contribution in [3.8, 4) is 0 Å². The molecule has 3 atom stereocenters. The number of hydrogen-bond donors (Lipinski definition) is 5. The second-order valence-corrected chi connectivity index (χ2v) is 10.4. The van der Waals surface area contributed by atoms with Crippen LogP contribution in [-0.4, -0.2) is 52.2 Å². The van der Waals surface area contributed by atoms with Gasteiger partial charge in [0, 0.05) is 18.1 Å². The van der Waals surface area contributed by atoms with Crippen LogP contribution in [0.1, 0.15) is 70.1 Å². The maximum absolute atomic E-state index is 13.4. The molecule has 11 nitrogen and oxygen atoms in total. The van der Waals surface area contributed by atoms with Crippen molar-refractivity contribution in [3.63, 3.8) is 0 Å². The van der Waals surface area contributed by atoms with Crippen LogP contribution in [0.2, 0.25) is 0 Å². The Labute approximate surface area is 235 Å². The van der Waals surface area contributed by atoms with Crippen LogP contribution in [0, 0.1) is 0 Å². The van der Waals surface area contributed by atoms with Crippen LogP contribution < -0.4 is 26.8 Å². The fourth-order valence-electron chi connectivity index (χ4n) is 4.37. The predicted molar refractivity (Wildman–Crippen MR) is 150 cm³/mol. The van der Waals surface area contributed by atoms with E-state index >= 15 is 0 Å². The SMILES string of the molecule is CC[C@H]1NC(=O)[C@@H](NC(=O)c2ccc[nH]c2=O)CCCCNC(=O)c2csc(n2)[C@H](Cc2ccccc2)NC1=O. The summed E-state index contributed by atoms with van der Waals surface area (Å²) in [7, 11) is 0. The Kier molecular flexibility index (Phi) is 9.79. The summed E-state index contributed by atoms with van der Waals surface area (Å²) in [6.07, 6.45) is 3.44. The zero-order chi connectivity index (χ0) is 28.5. The summed E-state index contributed by atoms with van der Waals surface area (Å²) in [4.78, 5) is 71.3. The number of H-pyrrole nitrogens is 1. The highest BCUT2D eigenvalue weighted by atomic mass is 32.1. The Hall–Kier alpha value is -4.32. The first-order valence-electron chi connectivity index (χ1n) is 13.2. The molecule has 4 rings (SSSR count). The van der Waals surface area contributed by atoms with Gasteiger partial charge in [-0.25, -0.2) is 4.98 Å². The van der Waals surface area contributed by atoms with Gasteiger partial charge < -0.3 is 26.3 Å². The van der Waals surface area contributed by atoms with Crippen LogP contribution >= 0.6 is 11.3 Å². The second kappa shape index (κ2) is 13.7. The van der Waals surface area contributed by atoms with Gasteiger partial charge in [0.05, 0.1) is 6.04 Å². The van der Waals surface area contributed by atoms with Crippen LogP contribution in [-0.2, 0) is 16.0 Å². The molecule has 1 aliphatic heterocycles. The van der Waals surface area contributed by atoms with E-state index in [0.29, 0.717) is 37.2 Å². The number of nitrogens with one attached hydrogen (secondary N) is 5. The number of fused-ring (bicyclic) bond motifs is 2. The molecule has 5 N–H and O–H groups in total. The Balaban J connectivity index is 1.58. The van der Waals surface area contributed by atoms with Gasteiger partial charge in [0.1, 0.15) is 28.3 Å². The molecule has 1 aromatic carbocycles. The van der Waals surface area contributed by atoms with Gasteiger partial charge in [-0.05, 0) is 49.8 Å². The lowest BCUT2D eigenvalue weighted by Crippen LogP contribution is -2.54. The minimum absolute atomic E-state index is 0.120. The van der Waals surface area contributed by atoms with Gasteiger partial charge in [0.15, 0.2) is 0 Å². The van der Waals surface area contributed by atoms with E-state index in [1.165, 1.54) is 29.7 Å². The Morgan fingerprint density at radius 3 is 2.52 bits per heavy atom. The maximum atomic E-state index is 13.4. The molecule has 0 spiro atoms. The molecular weight excluding hydrogens is 532 g/mol. The predicted octanol–water partition coefficient (Wildman–Crippen LogP) is 1.84. The van der Waals surface area contributed by atoms with E-state index in [0.717, 1.165) is 5.56 Å². The summed E-state index contributed by atoms with van der Waals surface area (Å²) < 4.78 is 0. The summed E-state index contributed by atoms with van der Waals surface area (Å²) in [5.74, 6) is -1.95. The van der Waals surface area contributed by atoms with Crippen LogP contribution in [0.5, 0.6) is 0 Å². The van der Waals surface area contributed by atoms with Crippen LogP contribution in [0.15, 0.2) is 58.8 Å². The minimum atomic E-state index is -0.989. The molecule has 0 unspecified atom stereocenters. The van der Waals surface area contributed by atoms with E-state index in [9.17, 15) is 24.0 Å². The molecule has 1 aliphatic rings. The molecular formula is C28H32N6O5S. The molecule has 3 aromatic rings. The molecule has 0 aliphatic carbocycles. The normalized spacial score (nSPS) is 20.6. The van der Waals surface area contributed by atoms with Crippen molar-refractivity contribution >= 4 is 35.0 Å². The van der Waals surface area contributed by atoms with Gasteiger partial charge >= 0.3 is 0 Å². The molecule has 0 radical (unpaired) electrons. The number of pyridine rings is 1. The zero-order valence-electron chi connectivity index (χ0n) is 22.1. The molecule has 40 heavy (non-hydrogen) atoms. The van der Waals surface area contributed by atoms with Crippen LogP contribution in [0.25, 0.3) is 0 Å². The van der Waals surface area contributed by atoms with Crippen molar-refractivity contribution in [2.75, 3.05) is 6.54 Å². The van der Waals surface area contributed by atoms with Crippen molar-refractivity contribution < 1.29 is 19.2 Å². The minimum Gasteiger partial charge on any atom is -0.351 e. The average Bonchev–Trinajstić information content (AvgIpc) is 3.45. The van der Waals surface area contributed by atoms with Gasteiger partial charge in [-0.3, -0.25) is 24.0 Å². The summed E-state index contributed by atoms with van der Waals surface area (Å²) >= 11 is 1.29. The Morgan fingerprint density at radius 2 is 1.77 bits per heavy atom. The van der Waals surface area contributed by atoms with E-state index in [-0.39, 0.29) is 23.6 Å². The van der Waals surface area contributed by atoms with E-state index in [4.69, 9.17) is 0 Å². The third kappa shape index (κ3) is 7.41. The number of carbonyl (C=O) groups excluding carboxylic acids is 4. The van der Waals surface area contributed by atoms with Gasteiger partial charge in [-0.15, -0.1) is 11.3 Å². The Morgan fingerprint density at radius 1 is 1.00 bits per heavy atom. The van der Waals surface area contributed by atoms with E-state index in [1.807, 2.05) is 30.3 Å². The molecule has 0 fully saturated rings. The van der Waals surface area contributed by atoms with Gasteiger partial charge in [0.2, 0.25) is 11.8 Å². The first-order chi connectivity index (χ1) is 19.4. The molecule has 0 saturated carbocycles. The number of carbonyl (C=O) groups is 4. The Bertz CT molecular complexity index is 1410. The van der Waals surface area contributed by atoms with Crippen molar-refractivity contribution in [3.05, 3.63) is 86.2 Å². The van der Waals surface area contributed by atoms with Crippen LogP contribution in [0.4, 0.5) is 0 Å². The summed E-state index contributed by atoms with van der Waals surface area (Å²) in [6, 6.07) is 10.1. The fraction of sp³-hybridized carbons (Fsp3) is 0.357. The molecule has 4 amide bonds. The lowest BCUT2D eigenvalue weighted by molar-refractivity contribution is -0.130. The molecule has 2 aromatic heterocycles. The largest absolute Gasteiger partial charge is 0.351 e. The number of amides is 4. The smallest absolute Gasteiger partial charge is 0.270 e.